The number of halogens is 3. The maximum absolute atomic E-state index is 13.0. The summed E-state index contributed by atoms with van der Waals surface area (Å²) in [5.74, 6) is -0.0772. The fourth-order valence-electron chi connectivity index (χ4n) is 4.21. The molecule has 38 heavy (non-hydrogen) atoms. The lowest BCUT2D eigenvalue weighted by atomic mass is 10.1. The summed E-state index contributed by atoms with van der Waals surface area (Å²) in [6, 6.07) is 13.2. The van der Waals surface area contributed by atoms with Gasteiger partial charge in [-0.15, -0.1) is 0 Å². The van der Waals surface area contributed by atoms with Gasteiger partial charge in [-0.2, -0.15) is 13.2 Å². The van der Waals surface area contributed by atoms with Crippen molar-refractivity contribution in [3.8, 4) is 11.3 Å². The lowest BCUT2D eigenvalue weighted by molar-refractivity contribution is -0.137. The van der Waals surface area contributed by atoms with Crippen LogP contribution in [0.4, 0.5) is 24.8 Å². The number of carbonyl (C=O) groups excluding carboxylic acids is 1. The minimum Gasteiger partial charge on any atom is -0.354 e. The average Bonchev–Trinajstić information content (AvgIpc) is 2.91. The highest BCUT2D eigenvalue weighted by molar-refractivity contribution is 6.04. The zero-order valence-corrected chi connectivity index (χ0v) is 22.0. The van der Waals surface area contributed by atoms with Gasteiger partial charge in [-0.05, 0) is 42.8 Å². The molecular formula is C30H37F3N4O. The van der Waals surface area contributed by atoms with Gasteiger partial charge in [0.1, 0.15) is 0 Å². The lowest BCUT2D eigenvalue weighted by Crippen LogP contribution is -2.14. The number of nitrogens with one attached hydrogen (secondary N) is 2. The van der Waals surface area contributed by atoms with Gasteiger partial charge in [0.25, 0.3) is 5.91 Å². The first kappa shape index (κ1) is 29.1. The van der Waals surface area contributed by atoms with Crippen molar-refractivity contribution in [2.75, 3.05) is 17.2 Å². The number of benzene rings is 2. The molecular weight excluding hydrogens is 489 g/mol. The Bertz CT molecular complexity index is 1150. The van der Waals surface area contributed by atoms with Crippen molar-refractivity contribution < 1.29 is 18.0 Å². The van der Waals surface area contributed by atoms with E-state index in [1.54, 1.807) is 30.5 Å². The van der Waals surface area contributed by atoms with Gasteiger partial charge in [-0.25, -0.2) is 9.97 Å². The minimum atomic E-state index is -4.51. The van der Waals surface area contributed by atoms with E-state index < -0.39 is 17.6 Å². The normalized spacial score (nSPS) is 11.4. The summed E-state index contributed by atoms with van der Waals surface area (Å²) < 4.78 is 39.0. The lowest BCUT2D eigenvalue weighted by Gasteiger charge is -2.11. The average molecular weight is 527 g/mol. The summed E-state index contributed by atoms with van der Waals surface area (Å²) in [6.07, 6.45) is 9.95. The predicted molar refractivity (Wildman–Crippen MR) is 147 cm³/mol. The van der Waals surface area contributed by atoms with E-state index in [0.29, 0.717) is 17.3 Å². The van der Waals surface area contributed by atoms with Crippen molar-refractivity contribution in [3.05, 3.63) is 71.9 Å². The van der Waals surface area contributed by atoms with Crippen molar-refractivity contribution in [1.29, 1.82) is 0 Å². The molecule has 0 unspecified atom stereocenters. The molecule has 8 heteroatoms. The maximum atomic E-state index is 13.0. The van der Waals surface area contributed by atoms with Crippen LogP contribution in [0.5, 0.6) is 0 Å². The molecule has 0 aliphatic rings. The topological polar surface area (TPSA) is 66.9 Å². The number of hydrogen-bond acceptors (Lipinski definition) is 4. The molecule has 0 spiro atoms. The smallest absolute Gasteiger partial charge is 0.354 e. The first-order valence-electron chi connectivity index (χ1n) is 13.5. The fourth-order valence-corrected chi connectivity index (χ4v) is 4.21. The molecule has 1 amide bonds. The molecule has 0 radical (unpaired) electrons. The molecule has 0 saturated heterocycles. The predicted octanol–water partition coefficient (Wildman–Crippen LogP) is 8.75. The molecule has 3 aromatic rings. The maximum Gasteiger partial charge on any atom is 0.416 e. The van der Waals surface area contributed by atoms with Crippen LogP contribution in [0.25, 0.3) is 11.3 Å². The Kier molecular flexibility index (Phi) is 11.6. The van der Waals surface area contributed by atoms with Gasteiger partial charge < -0.3 is 10.6 Å². The molecule has 0 aliphatic carbocycles. The van der Waals surface area contributed by atoms with Crippen LogP contribution in [0.1, 0.15) is 87.1 Å². The second-order valence-corrected chi connectivity index (χ2v) is 9.49. The minimum absolute atomic E-state index is 0.0641. The number of unbranched alkanes of at least 4 members (excludes halogenated alkanes) is 9. The number of alkyl halides is 3. The first-order valence-corrected chi connectivity index (χ1v) is 13.5. The van der Waals surface area contributed by atoms with E-state index in [-0.39, 0.29) is 5.56 Å². The molecule has 0 fully saturated rings. The number of amides is 1. The van der Waals surface area contributed by atoms with Crippen molar-refractivity contribution in [3.63, 3.8) is 0 Å². The van der Waals surface area contributed by atoms with E-state index >= 15 is 0 Å². The van der Waals surface area contributed by atoms with Gasteiger partial charge >= 0.3 is 6.18 Å². The van der Waals surface area contributed by atoms with Gasteiger partial charge in [0.2, 0.25) is 5.95 Å². The van der Waals surface area contributed by atoms with Crippen LogP contribution in [0.2, 0.25) is 0 Å². The molecule has 0 bridgehead atoms. The first-order chi connectivity index (χ1) is 18.4. The summed E-state index contributed by atoms with van der Waals surface area (Å²) >= 11 is 0. The Hall–Kier alpha value is -3.42. The summed E-state index contributed by atoms with van der Waals surface area (Å²) in [4.78, 5) is 21.4. The van der Waals surface area contributed by atoms with Crippen molar-refractivity contribution in [2.24, 2.45) is 0 Å². The van der Waals surface area contributed by atoms with Crippen molar-refractivity contribution in [2.45, 2.75) is 77.3 Å². The van der Waals surface area contributed by atoms with Gasteiger partial charge in [0.05, 0.1) is 11.3 Å². The quantitative estimate of drug-likeness (QED) is 0.194. The molecule has 3 rings (SSSR count). The summed E-state index contributed by atoms with van der Waals surface area (Å²) in [5.41, 5.74) is 0.976. The van der Waals surface area contributed by atoms with E-state index in [1.165, 1.54) is 69.9 Å². The standard InChI is InChI=1S/C30H37F3N4O/c1-2-3-4-5-6-7-8-9-10-11-19-34-29-35-20-18-27(37-29)23-14-13-17-26(22-23)36-28(38)24-15-12-16-25(21-24)30(31,32)33/h12-18,20-22H,2-11,19H2,1H3,(H,36,38)(H,34,35,37). The van der Waals surface area contributed by atoms with Crippen LogP contribution in [0.3, 0.4) is 0 Å². The molecule has 0 saturated carbocycles. The Morgan fingerprint density at radius 3 is 2.24 bits per heavy atom. The number of rotatable bonds is 15. The van der Waals surface area contributed by atoms with Crippen LogP contribution < -0.4 is 10.6 Å². The van der Waals surface area contributed by atoms with E-state index in [2.05, 4.69) is 27.5 Å². The fraction of sp³-hybridized carbons (Fsp3) is 0.433. The monoisotopic (exact) mass is 526 g/mol. The highest BCUT2D eigenvalue weighted by Crippen LogP contribution is 2.30. The molecule has 204 valence electrons. The molecule has 2 N–H and O–H groups in total. The van der Waals surface area contributed by atoms with Crippen molar-refractivity contribution >= 4 is 17.5 Å². The second-order valence-electron chi connectivity index (χ2n) is 9.49. The molecule has 0 atom stereocenters. The van der Waals surface area contributed by atoms with E-state index in [9.17, 15) is 18.0 Å². The van der Waals surface area contributed by atoms with Gasteiger partial charge in [-0.1, -0.05) is 82.9 Å². The summed E-state index contributed by atoms with van der Waals surface area (Å²) in [5, 5.41) is 5.95. The highest BCUT2D eigenvalue weighted by Gasteiger charge is 2.30. The van der Waals surface area contributed by atoms with E-state index in [1.807, 2.05) is 6.07 Å². The zero-order chi connectivity index (χ0) is 27.2. The van der Waals surface area contributed by atoms with E-state index in [0.717, 1.165) is 30.7 Å². The number of anilines is 2. The number of aromatic nitrogens is 2. The molecule has 2 aromatic carbocycles. The Labute approximate surface area is 223 Å². The largest absolute Gasteiger partial charge is 0.416 e. The number of nitrogens with zero attached hydrogens (tertiary/aromatic N) is 2. The van der Waals surface area contributed by atoms with Crippen LogP contribution in [0.15, 0.2) is 60.8 Å². The van der Waals surface area contributed by atoms with Gasteiger partial charge in [0.15, 0.2) is 0 Å². The SMILES string of the molecule is CCCCCCCCCCCCNc1nccc(-c2cccc(NC(=O)c3cccc(C(F)(F)F)c3)c2)n1. The second kappa shape index (κ2) is 15.1. The molecule has 1 aromatic heterocycles. The molecule has 1 heterocycles. The van der Waals surface area contributed by atoms with Crippen molar-refractivity contribution in [1.82, 2.24) is 9.97 Å². The van der Waals surface area contributed by atoms with Crippen LogP contribution in [-0.4, -0.2) is 22.4 Å². The third-order valence-electron chi connectivity index (χ3n) is 6.34. The number of hydrogen-bond donors (Lipinski definition) is 2. The van der Waals surface area contributed by atoms with Crippen LogP contribution in [-0.2, 0) is 6.18 Å². The Morgan fingerprint density at radius 1 is 0.842 bits per heavy atom. The van der Waals surface area contributed by atoms with Crippen LogP contribution >= 0.6 is 0 Å². The van der Waals surface area contributed by atoms with Crippen LogP contribution in [0, 0.1) is 0 Å². The zero-order valence-electron chi connectivity index (χ0n) is 22.0. The third kappa shape index (κ3) is 9.80. The Balaban J connectivity index is 1.48. The molecule has 0 aliphatic heterocycles. The highest BCUT2D eigenvalue weighted by atomic mass is 19.4. The van der Waals surface area contributed by atoms with Gasteiger partial charge in [0, 0.05) is 29.6 Å². The van der Waals surface area contributed by atoms with E-state index in [4.69, 9.17) is 0 Å². The summed E-state index contributed by atoms with van der Waals surface area (Å²) in [7, 11) is 0. The number of carbonyl (C=O) groups is 1. The Morgan fingerprint density at radius 2 is 1.53 bits per heavy atom. The molecule has 5 nitrogen and oxygen atoms in total. The van der Waals surface area contributed by atoms with Gasteiger partial charge in [-0.3, -0.25) is 4.79 Å². The summed E-state index contributed by atoms with van der Waals surface area (Å²) in [6.45, 7) is 3.04. The third-order valence-corrected chi connectivity index (χ3v) is 6.34.